The third-order valence-corrected chi connectivity index (χ3v) is 2.69. The summed E-state index contributed by atoms with van der Waals surface area (Å²) < 4.78 is 5.24. The standard InChI is InChI=1S/C17H15N5O/c1-22(2)12-21-17(15(10-19)11-20)14(9-18)8-13-6-4-5-7-16(13)23-3/h4-8,12H,1-3H3/b14-8+,21-12?. The van der Waals surface area contributed by atoms with Gasteiger partial charge in [-0.3, -0.25) is 0 Å². The molecule has 0 aliphatic heterocycles. The van der Waals surface area contributed by atoms with Crippen LogP contribution in [0.4, 0.5) is 0 Å². The number of nitriles is 3. The van der Waals surface area contributed by atoms with Crippen molar-refractivity contribution in [1.29, 1.82) is 15.8 Å². The van der Waals surface area contributed by atoms with Crippen LogP contribution in [0.15, 0.2) is 46.1 Å². The number of hydrogen-bond donors (Lipinski definition) is 0. The second kappa shape index (κ2) is 8.67. The third-order valence-electron chi connectivity index (χ3n) is 2.69. The molecule has 0 aromatic heterocycles. The van der Waals surface area contributed by atoms with Crippen LogP contribution in [0.2, 0.25) is 0 Å². The Morgan fingerprint density at radius 3 is 2.30 bits per heavy atom. The fraction of sp³-hybridized carbons (Fsp3) is 0.176. The molecular weight excluding hydrogens is 290 g/mol. The Labute approximate surface area is 135 Å². The molecule has 1 aromatic rings. The molecule has 1 rings (SSSR count). The van der Waals surface area contributed by atoms with Crippen LogP contribution in [0.3, 0.4) is 0 Å². The van der Waals surface area contributed by atoms with Crippen LogP contribution in [0.5, 0.6) is 5.75 Å². The van der Waals surface area contributed by atoms with Gasteiger partial charge in [-0.25, -0.2) is 4.99 Å². The second-order valence-corrected chi connectivity index (χ2v) is 4.57. The monoisotopic (exact) mass is 305 g/mol. The Morgan fingerprint density at radius 1 is 1.13 bits per heavy atom. The number of hydrogen-bond acceptors (Lipinski definition) is 5. The molecule has 0 atom stereocenters. The van der Waals surface area contributed by atoms with Gasteiger partial charge in [0.15, 0.2) is 5.57 Å². The van der Waals surface area contributed by atoms with Crippen molar-refractivity contribution in [2.75, 3.05) is 21.2 Å². The highest BCUT2D eigenvalue weighted by atomic mass is 16.5. The molecule has 6 heteroatoms. The first-order valence-corrected chi connectivity index (χ1v) is 6.57. The molecule has 23 heavy (non-hydrogen) atoms. The average Bonchev–Trinajstić information content (AvgIpc) is 2.57. The molecule has 0 amide bonds. The lowest BCUT2D eigenvalue weighted by Gasteiger charge is -2.07. The third kappa shape index (κ3) is 4.74. The number of rotatable bonds is 5. The molecule has 0 radical (unpaired) electrons. The zero-order chi connectivity index (χ0) is 17.2. The van der Waals surface area contributed by atoms with E-state index in [9.17, 15) is 5.26 Å². The summed E-state index contributed by atoms with van der Waals surface area (Å²) in [5, 5.41) is 27.6. The van der Waals surface area contributed by atoms with E-state index in [2.05, 4.69) is 4.99 Å². The summed E-state index contributed by atoms with van der Waals surface area (Å²) in [5.74, 6) is 0.576. The summed E-state index contributed by atoms with van der Waals surface area (Å²) in [4.78, 5) is 5.74. The van der Waals surface area contributed by atoms with Crippen molar-refractivity contribution in [3.05, 3.63) is 46.7 Å². The highest BCUT2D eigenvalue weighted by molar-refractivity contribution is 5.71. The van der Waals surface area contributed by atoms with Gasteiger partial charge >= 0.3 is 0 Å². The van der Waals surface area contributed by atoms with Crippen molar-refractivity contribution in [2.24, 2.45) is 4.99 Å². The highest BCUT2D eigenvalue weighted by Gasteiger charge is 2.12. The summed E-state index contributed by atoms with van der Waals surface area (Å²) in [6.45, 7) is 0. The molecule has 0 saturated carbocycles. The van der Waals surface area contributed by atoms with E-state index in [1.807, 2.05) is 6.07 Å². The van der Waals surface area contributed by atoms with Gasteiger partial charge < -0.3 is 9.64 Å². The van der Waals surface area contributed by atoms with E-state index >= 15 is 0 Å². The molecule has 0 spiro atoms. The molecule has 1 aromatic carbocycles. The molecule has 114 valence electrons. The molecule has 0 saturated heterocycles. The fourth-order valence-electron chi connectivity index (χ4n) is 1.67. The molecule has 6 nitrogen and oxygen atoms in total. The topological polar surface area (TPSA) is 96.2 Å². The van der Waals surface area contributed by atoms with Gasteiger partial charge in [0.2, 0.25) is 0 Å². The number of methoxy groups -OCH3 is 1. The summed E-state index contributed by atoms with van der Waals surface area (Å²) in [7, 11) is 5.01. The van der Waals surface area contributed by atoms with Crippen LogP contribution in [-0.4, -0.2) is 32.4 Å². The van der Waals surface area contributed by atoms with Crippen LogP contribution < -0.4 is 4.74 Å². The average molecular weight is 305 g/mol. The van der Waals surface area contributed by atoms with Crippen molar-refractivity contribution < 1.29 is 4.74 Å². The SMILES string of the molecule is COc1ccccc1/C=C(\C#N)C(N=CN(C)C)=C(C#N)C#N. The van der Waals surface area contributed by atoms with E-state index in [1.165, 1.54) is 19.5 Å². The number of ether oxygens (including phenoxy) is 1. The molecule has 0 heterocycles. The number of benzene rings is 1. The van der Waals surface area contributed by atoms with Crippen LogP contribution in [0.1, 0.15) is 5.56 Å². The van der Waals surface area contributed by atoms with Crippen LogP contribution in [0.25, 0.3) is 6.08 Å². The van der Waals surface area contributed by atoms with Crippen LogP contribution in [-0.2, 0) is 0 Å². The van der Waals surface area contributed by atoms with E-state index in [1.54, 1.807) is 55.4 Å². The fourth-order valence-corrected chi connectivity index (χ4v) is 1.67. The van der Waals surface area contributed by atoms with Crippen molar-refractivity contribution in [3.63, 3.8) is 0 Å². The van der Waals surface area contributed by atoms with Gasteiger partial charge in [0.25, 0.3) is 0 Å². The van der Waals surface area contributed by atoms with Gasteiger partial charge in [0, 0.05) is 19.7 Å². The van der Waals surface area contributed by atoms with Crippen molar-refractivity contribution in [2.45, 2.75) is 0 Å². The predicted molar refractivity (Wildman–Crippen MR) is 87.0 cm³/mol. The van der Waals surface area contributed by atoms with Gasteiger partial charge in [0.1, 0.15) is 29.7 Å². The van der Waals surface area contributed by atoms with Crippen molar-refractivity contribution in [1.82, 2.24) is 4.90 Å². The molecule has 0 unspecified atom stereocenters. The zero-order valence-corrected chi connectivity index (χ0v) is 13.1. The van der Waals surface area contributed by atoms with Crippen LogP contribution >= 0.6 is 0 Å². The first-order chi connectivity index (χ1) is 11.1. The highest BCUT2D eigenvalue weighted by Crippen LogP contribution is 2.24. The first-order valence-electron chi connectivity index (χ1n) is 6.57. The Hall–Kier alpha value is -3.56. The van der Waals surface area contributed by atoms with Gasteiger partial charge in [-0.05, 0) is 12.1 Å². The number of para-hydroxylation sites is 1. The smallest absolute Gasteiger partial charge is 0.156 e. The summed E-state index contributed by atoms with van der Waals surface area (Å²) >= 11 is 0. The number of aliphatic imine (C=N–C) groups is 1. The van der Waals surface area contributed by atoms with E-state index < -0.39 is 0 Å². The largest absolute Gasteiger partial charge is 0.496 e. The number of nitrogens with zero attached hydrogens (tertiary/aromatic N) is 5. The molecule has 0 fully saturated rings. The first kappa shape index (κ1) is 17.5. The molecular formula is C17H15N5O. The van der Waals surface area contributed by atoms with Gasteiger partial charge in [-0.2, -0.15) is 15.8 Å². The minimum atomic E-state index is -0.231. The summed E-state index contributed by atoms with van der Waals surface area (Å²) in [6.07, 6.45) is 2.97. The van der Waals surface area contributed by atoms with Crippen molar-refractivity contribution >= 4 is 12.4 Å². The maximum absolute atomic E-state index is 9.43. The number of allylic oxidation sites excluding steroid dienone is 2. The quantitative estimate of drug-likeness (QED) is 0.360. The lowest BCUT2D eigenvalue weighted by molar-refractivity contribution is 0.414. The Kier molecular flexibility index (Phi) is 6.59. The lowest BCUT2D eigenvalue weighted by Crippen LogP contribution is -2.08. The minimum absolute atomic E-state index is 0.0251. The Balaban J connectivity index is 3.53. The lowest BCUT2D eigenvalue weighted by atomic mass is 10.1. The predicted octanol–water partition coefficient (Wildman–Crippen LogP) is 2.49. The van der Waals surface area contributed by atoms with Crippen LogP contribution in [0, 0.1) is 34.0 Å². The Bertz CT molecular complexity index is 766. The van der Waals surface area contributed by atoms with Gasteiger partial charge in [0.05, 0.1) is 19.0 Å². The van der Waals surface area contributed by atoms with E-state index in [4.69, 9.17) is 15.3 Å². The zero-order valence-electron chi connectivity index (χ0n) is 13.1. The minimum Gasteiger partial charge on any atom is -0.496 e. The van der Waals surface area contributed by atoms with Gasteiger partial charge in [-0.15, -0.1) is 0 Å². The Morgan fingerprint density at radius 2 is 1.78 bits per heavy atom. The molecule has 0 aliphatic rings. The maximum Gasteiger partial charge on any atom is 0.156 e. The normalized spacial score (nSPS) is 10.3. The van der Waals surface area contributed by atoms with Crippen molar-refractivity contribution in [3.8, 4) is 24.0 Å². The van der Waals surface area contributed by atoms with Gasteiger partial charge in [-0.1, -0.05) is 18.2 Å². The molecule has 0 N–H and O–H groups in total. The maximum atomic E-state index is 9.43. The molecule has 0 bridgehead atoms. The van der Waals surface area contributed by atoms with E-state index in [-0.39, 0.29) is 16.8 Å². The van der Waals surface area contributed by atoms with E-state index in [0.29, 0.717) is 11.3 Å². The summed E-state index contributed by atoms with van der Waals surface area (Å²) in [5.41, 5.74) is 0.549. The molecule has 0 aliphatic carbocycles. The van der Waals surface area contributed by atoms with E-state index in [0.717, 1.165) is 0 Å². The summed E-state index contributed by atoms with van der Waals surface area (Å²) in [6, 6.07) is 12.6. The second-order valence-electron chi connectivity index (χ2n) is 4.57.